The van der Waals surface area contributed by atoms with E-state index < -0.39 is 5.91 Å². The predicted molar refractivity (Wildman–Crippen MR) is 93.5 cm³/mol. The molecule has 23 heavy (non-hydrogen) atoms. The van der Waals surface area contributed by atoms with E-state index in [0.717, 1.165) is 15.8 Å². The lowest BCUT2D eigenvalue weighted by Gasteiger charge is -2.02. The summed E-state index contributed by atoms with van der Waals surface area (Å²) >= 11 is 4.83. The molecule has 6 nitrogen and oxygen atoms in total. The second-order valence-corrected chi connectivity index (χ2v) is 6.71. The SMILES string of the molecule is Nc1nccnc1C(=O)Nc1ncc(Cc2ccc(Br)cc2)s1. The maximum Gasteiger partial charge on any atom is 0.279 e. The van der Waals surface area contributed by atoms with Crippen LogP contribution in [-0.4, -0.2) is 20.9 Å². The van der Waals surface area contributed by atoms with Gasteiger partial charge in [0.25, 0.3) is 5.91 Å². The van der Waals surface area contributed by atoms with E-state index in [1.165, 1.54) is 29.3 Å². The number of benzene rings is 1. The van der Waals surface area contributed by atoms with Gasteiger partial charge in [-0.25, -0.2) is 15.0 Å². The summed E-state index contributed by atoms with van der Waals surface area (Å²) in [6, 6.07) is 8.08. The molecule has 0 spiro atoms. The van der Waals surface area contributed by atoms with E-state index in [1.807, 2.05) is 24.3 Å². The molecule has 116 valence electrons. The maximum atomic E-state index is 12.1. The highest BCUT2D eigenvalue weighted by Gasteiger charge is 2.14. The summed E-state index contributed by atoms with van der Waals surface area (Å²) in [5.41, 5.74) is 6.91. The predicted octanol–water partition coefficient (Wildman–Crippen LogP) is 3.12. The molecule has 2 aromatic heterocycles. The van der Waals surface area contributed by atoms with Crippen LogP contribution in [0.4, 0.5) is 10.9 Å². The molecule has 8 heteroatoms. The average Bonchev–Trinajstić information content (AvgIpc) is 2.97. The third-order valence-electron chi connectivity index (χ3n) is 3.01. The number of hydrogen-bond acceptors (Lipinski definition) is 6. The van der Waals surface area contributed by atoms with Crippen molar-refractivity contribution in [1.29, 1.82) is 0 Å². The molecular weight excluding hydrogens is 378 g/mol. The number of nitrogens with two attached hydrogens (primary N) is 1. The number of rotatable bonds is 4. The van der Waals surface area contributed by atoms with E-state index in [0.29, 0.717) is 5.13 Å². The van der Waals surface area contributed by atoms with E-state index in [1.54, 1.807) is 6.20 Å². The topological polar surface area (TPSA) is 93.8 Å². The molecule has 0 unspecified atom stereocenters. The molecule has 3 rings (SSSR count). The summed E-state index contributed by atoms with van der Waals surface area (Å²) < 4.78 is 1.04. The van der Waals surface area contributed by atoms with Crippen molar-refractivity contribution in [1.82, 2.24) is 15.0 Å². The van der Waals surface area contributed by atoms with Crippen LogP contribution in [0, 0.1) is 0 Å². The normalized spacial score (nSPS) is 10.5. The summed E-state index contributed by atoms with van der Waals surface area (Å²) in [5, 5.41) is 3.20. The van der Waals surface area contributed by atoms with E-state index in [9.17, 15) is 4.79 Å². The number of amides is 1. The van der Waals surface area contributed by atoms with Crippen molar-refractivity contribution in [2.45, 2.75) is 6.42 Å². The van der Waals surface area contributed by atoms with Gasteiger partial charge in [-0.1, -0.05) is 28.1 Å². The van der Waals surface area contributed by atoms with Gasteiger partial charge in [-0.3, -0.25) is 10.1 Å². The Morgan fingerprint density at radius 1 is 1.17 bits per heavy atom. The van der Waals surface area contributed by atoms with Gasteiger partial charge in [-0.05, 0) is 17.7 Å². The van der Waals surface area contributed by atoms with Gasteiger partial charge < -0.3 is 5.73 Å². The molecule has 0 saturated carbocycles. The molecule has 0 aliphatic rings. The molecule has 0 atom stereocenters. The Bertz CT molecular complexity index is 834. The van der Waals surface area contributed by atoms with Crippen molar-refractivity contribution < 1.29 is 4.79 Å². The van der Waals surface area contributed by atoms with Crippen LogP contribution in [0.2, 0.25) is 0 Å². The van der Waals surface area contributed by atoms with Gasteiger partial charge in [0.2, 0.25) is 0 Å². The first kappa shape index (κ1) is 15.6. The third kappa shape index (κ3) is 3.91. The summed E-state index contributed by atoms with van der Waals surface area (Å²) in [5.74, 6) is -0.322. The lowest BCUT2D eigenvalue weighted by Crippen LogP contribution is -2.16. The molecule has 2 heterocycles. The molecule has 1 amide bonds. The van der Waals surface area contributed by atoms with Gasteiger partial charge in [-0.2, -0.15) is 0 Å². The molecule has 0 saturated heterocycles. The zero-order chi connectivity index (χ0) is 16.2. The number of carbonyl (C=O) groups is 1. The highest BCUT2D eigenvalue weighted by molar-refractivity contribution is 9.10. The zero-order valence-corrected chi connectivity index (χ0v) is 14.3. The second kappa shape index (κ2) is 6.84. The lowest BCUT2D eigenvalue weighted by molar-refractivity contribution is 0.102. The van der Waals surface area contributed by atoms with E-state index in [4.69, 9.17) is 5.73 Å². The largest absolute Gasteiger partial charge is 0.382 e. The zero-order valence-electron chi connectivity index (χ0n) is 11.9. The van der Waals surface area contributed by atoms with Crippen LogP contribution in [0.15, 0.2) is 47.3 Å². The van der Waals surface area contributed by atoms with Crippen molar-refractivity contribution in [3.8, 4) is 0 Å². The fraction of sp³-hybridized carbons (Fsp3) is 0.0667. The number of thiazole rings is 1. The molecule has 0 radical (unpaired) electrons. The second-order valence-electron chi connectivity index (χ2n) is 4.68. The number of hydrogen-bond donors (Lipinski definition) is 2. The first-order chi connectivity index (χ1) is 11.1. The molecule has 0 aliphatic heterocycles. The Kier molecular flexibility index (Phi) is 4.63. The van der Waals surface area contributed by atoms with Crippen molar-refractivity contribution >= 4 is 44.1 Å². The Hall–Kier alpha value is -2.32. The lowest BCUT2D eigenvalue weighted by atomic mass is 10.1. The number of halogens is 1. The minimum atomic E-state index is -0.417. The van der Waals surface area contributed by atoms with Crippen molar-refractivity contribution in [3.63, 3.8) is 0 Å². The first-order valence-corrected chi connectivity index (χ1v) is 8.30. The van der Waals surface area contributed by atoms with Gasteiger partial charge in [0, 0.05) is 34.4 Å². The number of carbonyl (C=O) groups excluding carboxylic acids is 1. The molecule has 0 fully saturated rings. The molecule has 3 N–H and O–H groups in total. The van der Waals surface area contributed by atoms with Crippen molar-refractivity contribution in [2.24, 2.45) is 0 Å². The van der Waals surface area contributed by atoms with Gasteiger partial charge in [0.1, 0.15) is 0 Å². The first-order valence-electron chi connectivity index (χ1n) is 6.69. The fourth-order valence-corrected chi connectivity index (χ4v) is 3.04. The van der Waals surface area contributed by atoms with E-state index in [2.05, 4.69) is 36.2 Å². The number of nitrogens with one attached hydrogen (secondary N) is 1. The Morgan fingerprint density at radius 3 is 2.65 bits per heavy atom. The quantitative estimate of drug-likeness (QED) is 0.714. The minimum Gasteiger partial charge on any atom is -0.382 e. The van der Waals surface area contributed by atoms with Crippen LogP contribution in [0.3, 0.4) is 0 Å². The summed E-state index contributed by atoms with van der Waals surface area (Å²) in [7, 11) is 0. The maximum absolute atomic E-state index is 12.1. The standard InChI is InChI=1S/C15H12BrN5OS/c16-10-3-1-9(2-4-10)7-11-8-20-15(23-11)21-14(22)12-13(17)19-6-5-18-12/h1-6,8H,7H2,(H2,17,19)(H,20,21,22). The van der Waals surface area contributed by atoms with Gasteiger partial charge in [0.05, 0.1) is 0 Å². The van der Waals surface area contributed by atoms with Crippen molar-refractivity contribution in [2.75, 3.05) is 11.1 Å². The number of nitrogens with zero attached hydrogens (tertiary/aromatic N) is 3. The van der Waals surface area contributed by atoms with Crippen LogP contribution in [0.1, 0.15) is 20.9 Å². The summed E-state index contributed by atoms with van der Waals surface area (Å²) in [6.07, 6.45) is 5.37. The number of anilines is 2. The van der Waals surface area contributed by atoms with Crippen LogP contribution in [-0.2, 0) is 6.42 Å². The van der Waals surface area contributed by atoms with E-state index >= 15 is 0 Å². The van der Waals surface area contributed by atoms with Gasteiger partial charge in [0.15, 0.2) is 16.6 Å². The monoisotopic (exact) mass is 389 g/mol. The summed E-state index contributed by atoms with van der Waals surface area (Å²) in [4.78, 5) is 25.1. The fourth-order valence-electron chi connectivity index (χ4n) is 1.93. The van der Waals surface area contributed by atoms with Crippen molar-refractivity contribution in [3.05, 3.63) is 63.5 Å². The molecule has 1 aromatic carbocycles. The molecule has 3 aromatic rings. The van der Waals surface area contributed by atoms with Crippen LogP contribution in [0.25, 0.3) is 0 Å². The Morgan fingerprint density at radius 2 is 1.91 bits per heavy atom. The Labute approximate surface area is 144 Å². The van der Waals surface area contributed by atoms with Crippen LogP contribution in [0.5, 0.6) is 0 Å². The highest BCUT2D eigenvalue weighted by atomic mass is 79.9. The Balaban J connectivity index is 1.69. The molecular formula is C15H12BrN5OS. The average molecular weight is 390 g/mol. The number of nitrogen functional groups attached to an aromatic ring is 1. The molecule has 0 aliphatic carbocycles. The molecule has 0 bridgehead atoms. The number of aromatic nitrogens is 3. The minimum absolute atomic E-state index is 0.0941. The van der Waals surface area contributed by atoms with E-state index in [-0.39, 0.29) is 11.5 Å². The smallest absolute Gasteiger partial charge is 0.279 e. The highest BCUT2D eigenvalue weighted by Crippen LogP contribution is 2.22. The third-order valence-corrected chi connectivity index (χ3v) is 4.45. The van der Waals surface area contributed by atoms with Gasteiger partial charge >= 0.3 is 0 Å². The van der Waals surface area contributed by atoms with Gasteiger partial charge in [-0.15, -0.1) is 11.3 Å². The summed E-state index contributed by atoms with van der Waals surface area (Å²) in [6.45, 7) is 0. The van der Waals surface area contributed by atoms with Crippen LogP contribution >= 0.6 is 27.3 Å². The van der Waals surface area contributed by atoms with Crippen LogP contribution < -0.4 is 11.1 Å².